The Hall–Kier alpha value is -2.95. The van der Waals surface area contributed by atoms with E-state index in [0.29, 0.717) is 24.3 Å². The molecule has 0 saturated carbocycles. The number of aryl methyl sites for hydroxylation is 2. The molecule has 130 valence electrons. The monoisotopic (exact) mass is 337 g/mol. The minimum atomic E-state index is -0.429. The van der Waals surface area contributed by atoms with Gasteiger partial charge in [-0.3, -0.25) is 4.79 Å². The number of nitrogens with one attached hydrogen (secondary N) is 3. The number of hydrogen-bond acceptors (Lipinski definition) is 4. The summed E-state index contributed by atoms with van der Waals surface area (Å²) in [5, 5.41) is 17.6. The van der Waals surface area contributed by atoms with Gasteiger partial charge in [-0.25, -0.2) is 0 Å². The Kier molecular flexibility index (Phi) is 6.46. The van der Waals surface area contributed by atoms with Gasteiger partial charge in [0, 0.05) is 36.2 Å². The highest BCUT2D eigenvalue weighted by molar-refractivity contribution is 5.92. The first-order valence-electron chi connectivity index (χ1n) is 8.12. The summed E-state index contributed by atoms with van der Waals surface area (Å²) in [5.74, 6) is 0.0561. The molecule has 5 nitrogen and oxygen atoms in total. The molecule has 2 rings (SSSR count). The fourth-order valence-corrected chi connectivity index (χ4v) is 2.53. The van der Waals surface area contributed by atoms with Gasteiger partial charge in [0.25, 0.3) is 0 Å². The van der Waals surface area contributed by atoms with Crippen LogP contribution in [0.2, 0.25) is 0 Å². The van der Waals surface area contributed by atoms with Gasteiger partial charge in [0.15, 0.2) is 0 Å². The Balaban J connectivity index is 2.01. The van der Waals surface area contributed by atoms with E-state index in [2.05, 4.69) is 5.32 Å². The second-order valence-corrected chi connectivity index (χ2v) is 5.85. The van der Waals surface area contributed by atoms with Crippen molar-refractivity contribution >= 4 is 24.0 Å². The Morgan fingerprint density at radius 1 is 1.16 bits per heavy atom. The molecule has 0 unspecified atom stereocenters. The molecular weight excluding hydrogens is 314 g/mol. The van der Waals surface area contributed by atoms with E-state index in [1.807, 2.05) is 31.2 Å². The van der Waals surface area contributed by atoms with Crippen molar-refractivity contribution in [1.29, 1.82) is 10.8 Å². The summed E-state index contributed by atoms with van der Waals surface area (Å²) < 4.78 is 5.33. The maximum atomic E-state index is 12.2. The minimum absolute atomic E-state index is 0.0639. The minimum Gasteiger partial charge on any atom is -0.496 e. The Labute approximate surface area is 148 Å². The first kappa shape index (κ1) is 18.4. The number of ether oxygens (including phenoxy) is 1. The maximum Gasteiger partial charge on any atom is 0.224 e. The average Bonchev–Trinajstić information content (AvgIpc) is 2.63. The first-order valence-corrected chi connectivity index (χ1v) is 8.12. The van der Waals surface area contributed by atoms with Gasteiger partial charge in [0.1, 0.15) is 5.75 Å². The predicted octanol–water partition coefficient (Wildman–Crippen LogP) is 3.96. The van der Waals surface area contributed by atoms with E-state index >= 15 is 0 Å². The molecule has 0 aliphatic heterocycles. The summed E-state index contributed by atoms with van der Waals surface area (Å²) in [7, 11) is 1.53. The van der Waals surface area contributed by atoms with E-state index in [0.717, 1.165) is 11.1 Å². The molecule has 3 N–H and O–H groups in total. The lowest BCUT2D eigenvalue weighted by Crippen LogP contribution is -2.13. The lowest BCUT2D eigenvalue weighted by atomic mass is 10.00. The van der Waals surface area contributed by atoms with E-state index in [1.165, 1.54) is 25.1 Å². The molecule has 25 heavy (non-hydrogen) atoms. The summed E-state index contributed by atoms with van der Waals surface area (Å²) in [5.41, 5.74) is 3.70. The van der Waals surface area contributed by atoms with Gasteiger partial charge < -0.3 is 20.9 Å². The van der Waals surface area contributed by atoms with Crippen LogP contribution in [0.5, 0.6) is 5.75 Å². The van der Waals surface area contributed by atoms with Crippen LogP contribution in [-0.4, -0.2) is 25.4 Å². The van der Waals surface area contributed by atoms with Crippen molar-refractivity contribution in [3.05, 3.63) is 59.2 Å². The largest absolute Gasteiger partial charge is 0.496 e. The maximum absolute atomic E-state index is 12.2. The average molecular weight is 337 g/mol. The van der Waals surface area contributed by atoms with E-state index in [4.69, 9.17) is 15.6 Å². The first-order chi connectivity index (χ1) is 12.1. The molecule has 0 aromatic heterocycles. The Morgan fingerprint density at radius 3 is 2.44 bits per heavy atom. The number of methoxy groups -OCH3 is 1. The van der Waals surface area contributed by atoms with E-state index in [1.54, 1.807) is 18.2 Å². The Morgan fingerprint density at radius 2 is 1.84 bits per heavy atom. The lowest BCUT2D eigenvalue weighted by Gasteiger charge is -2.14. The van der Waals surface area contributed by atoms with Crippen LogP contribution in [-0.2, 0) is 11.2 Å². The topological polar surface area (TPSA) is 86.0 Å². The second-order valence-electron chi connectivity index (χ2n) is 5.85. The summed E-state index contributed by atoms with van der Waals surface area (Å²) in [6, 6.07) is 13.4. The zero-order chi connectivity index (χ0) is 18.2. The van der Waals surface area contributed by atoms with Crippen molar-refractivity contribution in [1.82, 2.24) is 0 Å². The summed E-state index contributed by atoms with van der Waals surface area (Å²) in [6.45, 7) is 2.04. The lowest BCUT2D eigenvalue weighted by molar-refractivity contribution is -0.116. The molecule has 0 aliphatic carbocycles. The van der Waals surface area contributed by atoms with Crippen LogP contribution in [0.25, 0.3) is 0 Å². The van der Waals surface area contributed by atoms with Crippen molar-refractivity contribution in [2.45, 2.75) is 25.7 Å². The van der Waals surface area contributed by atoms with E-state index in [9.17, 15) is 4.79 Å². The molecule has 0 heterocycles. The molecule has 0 atom stereocenters. The molecular formula is C20H23N3O2. The Bertz CT molecular complexity index is 746. The van der Waals surface area contributed by atoms with Gasteiger partial charge >= 0.3 is 0 Å². The van der Waals surface area contributed by atoms with Gasteiger partial charge in [-0.15, -0.1) is 0 Å². The summed E-state index contributed by atoms with van der Waals surface area (Å²) in [4.78, 5) is 12.2. The standard InChI is InChI=1S/C20H23N3O2/c1-14-3-5-15(6-4-14)7-10-20(24)23-17-8-9-18(16(12-21)13-22)19(11-17)25-2/h3-6,8-9,11-13,16,21-22H,7,10H2,1-2H3,(H,23,24). The number of hydrogen-bond donors (Lipinski definition) is 3. The molecule has 1 amide bonds. The SMILES string of the molecule is COc1cc(NC(=O)CCc2ccc(C)cc2)ccc1C(C=N)C=N. The molecule has 0 bridgehead atoms. The molecule has 0 fully saturated rings. The van der Waals surface area contributed by atoms with Crippen LogP contribution in [0.15, 0.2) is 42.5 Å². The van der Waals surface area contributed by atoms with Crippen molar-refractivity contribution in [3.8, 4) is 5.75 Å². The van der Waals surface area contributed by atoms with Gasteiger partial charge in [0.05, 0.1) is 13.0 Å². The summed E-state index contributed by atoms with van der Waals surface area (Å²) in [6.07, 6.45) is 3.46. The number of benzene rings is 2. The molecule has 0 aliphatic rings. The highest BCUT2D eigenvalue weighted by atomic mass is 16.5. The van der Waals surface area contributed by atoms with Gasteiger partial charge in [-0.2, -0.15) is 0 Å². The van der Waals surface area contributed by atoms with E-state index < -0.39 is 5.92 Å². The van der Waals surface area contributed by atoms with Crippen LogP contribution < -0.4 is 10.1 Å². The fraction of sp³-hybridized carbons (Fsp3) is 0.250. The van der Waals surface area contributed by atoms with Gasteiger partial charge in [-0.05, 0) is 25.0 Å². The van der Waals surface area contributed by atoms with Gasteiger partial charge in [0.2, 0.25) is 5.91 Å². The van der Waals surface area contributed by atoms with Crippen LogP contribution in [0.3, 0.4) is 0 Å². The van der Waals surface area contributed by atoms with Gasteiger partial charge in [-0.1, -0.05) is 35.9 Å². The molecule has 5 heteroatoms. The summed E-state index contributed by atoms with van der Waals surface area (Å²) >= 11 is 0. The third-order valence-corrected chi connectivity index (χ3v) is 4.00. The number of anilines is 1. The zero-order valence-corrected chi connectivity index (χ0v) is 14.5. The number of carbonyl (C=O) groups is 1. The highest BCUT2D eigenvalue weighted by Crippen LogP contribution is 2.28. The van der Waals surface area contributed by atoms with Crippen molar-refractivity contribution in [2.24, 2.45) is 0 Å². The second kappa shape index (κ2) is 8.78. The molecule has 0 radical (unpaired) electrons. The zero-order valence-electron chi connectivity index (χ0n) is 14.5. The van der Waals surface area contributed by atoms with Crippen molar-refractivity contribution in [2.75, 3.05) is 12.4 Å². The van der Waals surface area contributed by atoms with Crippen LogP contribution in [0.4, 0.5) is 5.69 Å². The van der Waals surface area contributed by atoms with Crippen molar-refractivity contribution < 1.29 is 9.53 Å². The predicted molar refractivity (Wildman–Crippen MR) is 101 cm³/mol. The number of amides is 1. The van der Waals surface area contributed by atoms with Crippen LogP contribution in [0.1, 0.15) is 29.0 Å². The quantitative estimate of drug-likeness (QED) is 0.637. The third-order valence-electron chi connectivity index (χ3n) is 4.00. The van der Waals surface area contributed by atoms with E-state index in [-0.39, 0.29) is 5.91 Å². The molecule has 0 saturated heterocycles. The smallest absolute Gasteiger partial charge is 0.224 e. The molecule has 2 aromatic rings. The fourth-order valence-electron chi connectivity index (χ4n) is 2.53. The van der Waals surface area contributed by atoms with Crippen LogP contribution in [0, 0.1) is 17.7 Å². The van der Waals surface area contributed by atoms with Crippen LogP contribution >= 0.6 is 0 Å². The third kappa shape index (κ3) is 5.01. The molecule has 2 aromatic carbocycles. The highest BCUT2D eigenvalue weighted by Gasteiger charge is 2.13. The normalized spacial score (nSPS) is 11.4. The number of carbonyl (C=O) groups excluding carboxylic acids is 1. The molecule has 0 spiro atoms. The van der Waals surface area contributed by atoms with Crippen molar-refractivity contribution in [3.63, 3.8) is 0 Å². The number of rotatable bonds is 8.